The molecule has 3 nitrogen and oxygen atoms in total. The Morgan fingerprint density at radius 3 is 2.81 bits per heavy atom. The lowest BCUT2D eigenvalue weighted by molar-refractivity contribution is 0.569. The fraction of sp³-hybridized carbons (Fsp3) is 0.750. The van der Waals surface area contributed by atoms with Gasteiger partial charge in [0.05, 0.1) is 11.4 Å². The van der Waals surface area contributed by atoms with Crippen molar-refractivity contribution < 1.29 is 0 Å². The number of halogens is 1. The van der Waals surface area contributed by atoms with E-state index >= 15 is 0 Å². The van der Waals surface area contributed by atoms with E-state index in [4.69, 9.17) is 11.6 Å². The van der Waals surface area contributed by atoms with E-state index in [1.54, 1.807) is 0 Å². The minimum Gasteiger partial charge on any atom is -0.311 e. The van der Waals surface area contributed by atoms with Gasteiger partial charge in [-0.25, -0.2) is 0 Å². The van der Waals surface area contributed by atoms with Crippen molar-refractivity contribution >= 4 is 11.6 Å². The van der Waals surface area contributed by atoms with Gasteiger partial charge >= 0.3 is 0 Å². The Bertz CT molecular complexity index is 307. The lowest BCUT2D eigenvalue weighted by Crippen LogP contribution is -2.19. The van der Waals surface area contributed by atoms with Crippen molar-refractivity contribution in [1.29, 1.82) is 0 Å². The van der Waals surface area contributed by atoms with Crippen LogP contribution in [0.5, 0.6) is 0 Å². The summed E-state index contributed by atoms with van der Waals surface area (Å²) in [5.41, 5.74) is 2.44. The van der Waals surface area contributed by atoms with Crippen LogP contribution in [0.3, 0.4) is 0 Å². The summed E-state index contributed by atoms with van der Waals surface area (Å²) < 4.78 is 2.07. The Labute approximate surface area is 103 Å². The highest BCUT2D eigenvalue weighted by Gasteiger charge is 2.05. The third kappa shape index (κ3) is 4.14. The van der Waals surface area contributed by atoms with Crippen LogP contribution >= 0.6 is 11.6 Å². The molecular weight excluding hydrogens is 222 g/mol. The zero-order valence-corrected chi connectivity index (χ0v) is 11.2. The van der Waals surface area contributed by atoms with Gasteiger partial charge in [-0.2, -0.15) is 5.10 Å². The van der Waals surface area contributed by atoms with E-state index in [1.165, 1.54) is 11.4 Å². The molecule has 0 aliphatic heterocycles. The number of nitrogens with zero attached hydrogens (tertiary/aromatic N) is 2. The molecule has 1 rings (SSSR count). The van der Waals surface area contributed by atoms with Crippen molar-refractivity contribution in [3.8, 4) is 0 Å². The van der Waals surface area contributed by atoms with E-state index in [9.17, 15) is 0 Å². The Morgan fingerprint density at radius 1 is 1.50 bits per heavy atom. The maximum absolute atomic E-state index is 5.89. The Morgan fingerprint density at radius 2 is 2.25 bits per heavy atom. The van der Waals surface area contributed by atoms with Crippen LogP contribution in [0.1, 0.15) is 38.6 Å². The molecule has 0 saturated carbocycles. The topological polar surface area (TPSA) is 29.9 Å². The number of aryl methyl sites for hydroxylation is 2. The first-order valence-corrected chi connectivity index (χ1v) is 6.51. The summed E-state index contributed by atoms with van der Waals surface area (Å²) in [4.78, 5) is 0. The van der Waals surface area contributed by atoms with E-state index in [2.05, 4.69) is 35.0 Å². The highest BCUT2D eigenvalue weighted by atomic mass is 35.5. The first kappa shape index (κ1) is 13.5. The van der Waals surface area contributed by atoms with Gasteiger partial charge in [0.2, 0.25) is 0 Å². The van der Waals surface area contributed by atoms with Gasteiger partial charge in [-0.05, 0) is 39.3 Å². The van der Waals surface area contributed by atoms with Crippen LogP contribution in [0.25, 0.3) is 0 Å². The lowest BCUT2D eigenvalue weighted by Gasteiger charge is -2.07. The van der Waals surface area contributed by atoms with Crippen LogP contribution in [0.2, 0.25) is 0 Å². The molecule has 0 aliphatic carbocycles. The fourth-order valence-corrected chi connectivity index (χ4v) is 1.73. The van der Waals surface area contributed by atoms with Gasteiger partial charge in [0, 0.05) is 18.5 Å². The minimum atomic E-state index is 0.245. The quantitative estimate of drug-likeness (QED) is 0.589. The molecule has 1 atom stereocenters. The van der Waals surface area contributed by atoms with Crippen LogP contribution in [0.15, 0.2) is 6.07 Å². The fourth-order valence-electron chi connectivity index (χ4n) is 1.62. The number of nitrogens with one attached hydrogen (secondary N) is 1. The molecule has 0 aromatic carbocycles. The summed E-state index contributed by atoms with van der Waals surface area (Å²) >= 11 is 5.89. The summed E-state index contributed by atoms with van der Waals surface area (Å²) in [5, 5.41) is 8.16. The SMILES string of the molecule is CCc1cc(CNCCC(C)Cl)n(CC)n1. The van der Waals surface area contributed by atoms with Crippen LogP contribution < -0.4 is 5.32 Å². The van der Waals surface area contributed by atoms with Crippen molar-refractivity contribution in [2.45, 2.75) is 52.1 Å². The third-order valence-electron chi connectivity index (χ3n) is 2.60. The number of hydrogen-bond donors (Lipinski definition) is 1. The monoisotopic (exact) mass is 243 g/mol. The maximum atomic E-state index is 5.89. The minimum absolute atomic E-state index is 0.245. The van der Waals surface area contributed by atoms with Gasteiger partial charge in [-0.3, -0.25) is 4.68 Å². The van der Waals surface area contributed by atoms with Crippen molar-refractivity contribution in [2.24, 2.45) is 0 Å². The van der Waals surface area contributed by atoms with Crippen LogP contribution in [-0.4, -0.2) is 21.7 Å². The van der Waals surface area contributed by atoms with Crippen molar-refractivity contribution in [1.82, 2.24) is 15.1 Å². The second-order valence-electron chi connectivity index (χ2n) is 4.04. The van der Waals surface area contributed by atoms with Crippen molar-refractivity contribution in [3.05, 3.63) is 17.5 Å². The van der Waals surface area contributed by atoms with Crippen molar-refractivity contribution in [3.63, 3.8) is 0 Å². The Kier molecular flexibility index (Phi) is 5.85. The van der Waals surface area contributed by atoms with Crippen molar-refractivity contribution in [2.75, 3.05) is 6.54 Å². The largest absolute Gasteiger partial charge is 0.311 e. The zero-order chi connectivity index (χ0) is 12.0. The molecular formula is C12H22ClN3. The molecule has 0 amide bonds. The molecule has 16 heavy (non-hydrogen) atoms. The Hall–Kier alpha value is -0.540. The summed E-state index contributed by atoms with van der Waals surface area (Å²) in [7, 11) is 0. The zero-order valence-electron chi connectivity index (χ0n) is 10.5. The van der Waals surface area contributed by atoms with Gasteiger partial charge in [-0.1, -0.05) is 6.92 Å². The normalized spacial score (nSPS) is 13.0. The molecule has 0 spiro atoms. The average molecular weight is 244 g/mol. The predicted octanol–water partition coefficient (Wildman–Crippen LogP) is 2.57. The third-order valence-corrected chi connectivity index (χ3v) is 2.82. The van der Waals surface area contributed by atoms with Gasteiger partial charge in [-0.15, -0.1) is 11.6 Å². The second-order valence-corrected chi connectivity index (χ2v) is 4.79. The van der Waals surface area contributed by atoms with E-state index in [0.717, 1.165) is 32.5 Å². The van der Waals surface area contributed by atoms with Gasteiger partial charge in [0.1, 0.15) is 0 Å². The number of aromatic nitrogens is 2. The molecule has 1 aromatic heterocycles. The molecule has 0 radical (unpaired) electrons. The second kappa shape index (κ2) is 6.92. The summed E-state index contributed by atoms with van der Waals surface area (Å²) in [6, 6.07) is 2.18. The standard InChI is InChI=1S/C12H22ClN3/c1-4-11-8-12(16(5-2)15-11)9-14-7-6-10(3)13/h8,10,14H,4-7,9H2,1-3H3. The molecule has 0 saturated heterocycles. The first-order valence-electron chi connectivity index (χ1n) is 6.07. The summed E-state index contributed by atoms with van der Waals surface area (Å²) in [6.07, 6.45) is 2.00. The molecule has 1 N–H and O–H groups in total. The van der Waals surface area contributed by atoms with Gasteiger partial charge < -0.3 is 5.32 Å². The highest BCUT2D eigenvalue weighted by molar-refractivity contribution is 6.20. The molecule has 0 fully saturated rings. The molecule has 92 valence electrons. The van der Waals surface area contributed by atoms with Crippen LogP contribution in [0, 0.1) is 0 Å². The number of rotatable bonds is 7. The Balaban J connectivity index is 2.43. The molecule has 0 aliphatic rings. The maximum Gasteiger partial charge on any atom is 0.0625 e. The molecule has 4 heteroatoms. The van der Waals surface area contributed by atoms with Crippen LogP contribution in [0.4, 0.5) is 0 Å². The predicted molar refractivity (Wildman–Crippen MR) is 68.9 cm³/mol. The molecule has 0 bridgehead atoms. The van der Waals surface area contributed by atoms with Gasteiger partial charge in [0.15, 0.2) is 0 Å². The van der Waals surface area contributed by atoms with E-state index in [0.29, 0.717) is 0 Å². The van der Waals surface area contributed by atoms with Crippen LogP contribution in [-0.2, 0) is 19.5 Å². The smallest absolute Gasteiger partial charge is 0.0625 e. The lowest BCUT2D eigenvalue weighted by atomic mass is 10.3. The molecule has 1 aromatic rings. The van der Waals surface area contributed by atoms with Gasteiger partial charge in [0.25, 0.3) is 0 Å². The summed E-state index contributed by atoms with van der Waals surface area (Å²) in [5.74, 6) is 0. The molecule has 1 unspecified atom stereocenters. The number of hydrogen-bond acceptors (Lipinski definition) is 2. The van der Waals surface area contributed by atoms with E-state index < -0.39 is 0 Å². The van der Waals surface area contributed by atoms with E-state index in [1.807, 2.05) is 6.92 Å². The van der Waals surface area contributed by atoms with E-state index in [-0.39, 0.29) is 5.38 Å². The highest BCUT2D eigenvalue weighted by Crippen LogP contribution is 2.05. The summed E-state index contributed by atoms with van der Waals surface area (Å²) in [6.45, 7) is 9.05. The first-order chi connectivity index (χ1) is 7.67. The average Bonchev–Trinajstić information content (AvgIpc) is 2.66. The molecule has 1 heterocycles. The number of alkyl halides is 1.